The molecule has 0 bridgehead atoms. The first-order chi connectivity index (χ1) is 12.1. The zero-order valence-electron chi connectivity index (χ0n) is 13.7. The Hall–Kier alpha value is -3.16. The second-order valence-corrected chi connectivity index (χ2v) is 6.01. The first-order valence-electron chi connectivity index (χ1n) is 8.01. The Morgan fingerprint density at radius 3 is 2.88 bits per heavy atom. The fourth-order valence-corrected chi connectivity index (χ4v) is 3.22. The maximum atomic E-state index is 13.0. The molecule has 0 radical (unpaired) electrons. The van der Waals surface area contributed by atoms with Gasteiger partial charge in [-0.25, -0.2) is 9.97 Å². The van der Waals surface area contributed by atoms with Crippen molar-refractivity contribution in [3.8, 4) is 5.88 Å². The van der Waals surface area contributed by atoms with Gasteiger partial charge in [0.15, 0.2) is 0 Å². The third kappa shape index (κ3) is 2.46. The molecule has 128 valence electrons. The van der Waals surface area contributed by atoms with Gasteiger partial charge in [0.2, 0.25) is 11.8 Å². The second-order valence-electron chi connectivity index (χ2n) is 6.01. The molecule has 0 aliphatic carbocycles. The molecule has 4 rings (SSSR count). The van der Waals surface area contributed by atoms with Crippen molar-refractivity contribution < 1.29 is 14.3 Å². The fourth-order valence-electron chi connectivity index (χ4n) is 3.22. The standard InChI is InChI=1S/C17H17N5O3/c1-21-12-4-3-11(8-10(12)2-5-13(21)23)22-6-7-25-16-14(17(22)24)15(18)19-9-20-16/h3-4,8-9H,2,5-7H2,1H3,(H2,18,19,20). The van der Waals surface area contributed by atoms with Gasteiger partial charge in [0.25, 0.3) is 5.91 Å². The van der Waals surface area contributed by atoms with E-state index in [1.165, 1.54) is 6.33 Å². The number of carbonyl (C=O) groups is 2. The summed E-state index contributed by atoms with van der Waals surface area (Å²) in [7, 11) is 1.76. The third-order valence-corrected chi connectivity index (χ3v) is 4.57. The number of anilines is 3. The van der Waals surface area contributed by atoms with Crippen molar-refractivity contribution in [2.24, 2.45) is 0 Å². The predicted molar refractivity (Wildman–Crippen MR) is 91.8 cm³/mol. The number of benzene rings is 1. The van der Waals surface area contributed by atoms with Crippen LogP contribution in [0.2, 0.25) is 0 Å². The van der Waals surface area contributed by atoms with Gasteiger partial charge in [-0.15, -0.1) is 0 Å². The van der Waals surface area contributed by atoms with Gasteiger partial charge in [-0.05, 0) is 30.2 Å². The van der Waals surface area contributed by atoms with E-state index in [2.05, 4.69) is 9.97 Å². The number of nitrogens with zero attached hydrogens (tertiary/aromatic N) is 4. The number of carbonyl (C=O) groups excluding carboxylic acids is 2. The third-order valence-electron chi connectivity index (χ3n) is 4.57. The van der Waals surface area contributed by atoms with Gasteiger partial charge in [0.05, 0.1) is 6.54 Å². The van der Waals surface area contributed by atoms with E-state index < -0.39 is 0 Å². The van der Waals surface area contributed by atoms with Crippen LogP contribution >= 0.6 is 0 Å². The van der Waals surface area contributed by atoms with E-state index in [0.29, 0.717) is 26.0 Å². The van der Waals surface area contributed by atoms with Gasteiger partial charge >= 0.3 is 0 Å². The Kier molecular flexibility index (Phi) is 3.52. The Bertz CT molecular complexity index is 883. The molecule has 1 aromatic heterocycles. The van der Waals surface area contributed by atoms with Crippen LogP contribution in [0.3, 0.4) is 0 Å². The van der Waals surface area contributed by atoms with Crippen LogP contribution in [0.15, 0.2) is 24.5 Å². The van der Waals surface area contributed by atoms with Gasteiger partial charge < -0.3 is 20.3 Å². The summed E-state index contributed by atoms with van der Waals surface area (Å²) >= 11 is 0. The lowest BCUT2D eigenvalue weighted by Crippen LogP contribution is -2.34. The van der Waals surface area contributed by atoms with Crippen molar-refractivity contribution in [1.82, 2.24) is 9.97 Å². The minimum atomic E-state index is -0.286. The lowest BCUT2D eigenvalue weighted by atomic mass is 10.0. The summed E-state index contributed by atoms with van der Waals surface area (Å²) < 4.78 is 5.55. The molecule has 1 aromatic carbocycles. The Morgan fingerprint density at radius 1 is 1.20 bits per heavy atom. The minimum absolute atomic E-state index is 0.0957. The molecular weight excluding hydrogens is 322 g/mol. The summed E-state index contributed by atoms with van der Waals surface area (Å²) in [4.78, 5) is 36.0. The molecule has 3 heterocycles. The van der Waals surface area contributed by atoms with Gasteiger partial charge in [0, 0.05) is 24.8 Å². The molecule has 0 spiro atoms. The molecule has 25 heavy (non-hydrogen) atoms. The minimum Gasteiger partial charge on any atom is -0.475 e. The molecule has 2 aliphatic rings. The van der Waals surface area contributed by atoms with E-state index in [9.17, 15) is 9.59 Å². The number of hydrogen-bond donors (Lipinski definition) is 1. The van der Waals surface area contributed by atoms with Crippen molar-refractivity contribution in [3.05, 3.63) is 35.7 Å². The normalized spacial score (nSPS) is 16.8. The van der Waals surface area contributed by atoms with Crippen LogP contribution in [0.5, 0.6) is 5.88 Å². The lowest BCUT2D eigenvalue weighted by molar-refractivity contribution is -0.118. The SMILES string of the molecule is CN1C(=O)CCc2cc(N3CCOc4ncnc(N)c4C3=O)ccc21. The van der Waals surface area contributed by atoms with Gasteiger partial charge in [0.1, 0.15) is 24.3 Å². The lowest BCUT2D eigenvalue weighted by Gasteiger charge is -2.28. The van der Waals surface area contributed by atoms with Gasteiger partial charge in [-0.2, -0.15) is 0 Å². The van der Waals surface area contributed by atoms with Crippen molar-refractivity contribution >= 4 is 29.0 Å². The van der Waals surface area contributed by atoms with Crippen LogP contribution < -0.4 is 20.3 Å². The van der Waals surface area contributed by atoms with Crippen LogP contribution in [0.4, 0.5) is 17.2 Å². The molecule has 0 atom stereocenters. The molecule has 0 saturated heterocycles. The molecule has 0 saturated carbocycles. The highest BCUT2D eigenvalue weighted by molar-refractivity contribution is 6.11. The monoisotopic (exact) mass is 339 g/mol. The summed E-state index contributed by atoms with van der Waals surface area (Å²) in [6.07, 6.45) is 2.41. The molecule has 0 fully saturated rings. The first kappa shape index (κ1) is 15.4. The first-order valence-corrected chi connectivity index (χ1v) is 8.01. The maximum absolute atomic E-state index is 13.0. The molecule has 2 aromatic rings. The Labute approximate surface area is 144 Å². The van der Waals surface area contributed by atoms with Gasteiger partial charge in [-0.3, -0.25) is 9.59 Å². The summed E-state index contributed by atoms with van der Waals surface area (Å²) in [6.45, 7) is 0.687. The number of aryl methyl sites for hydroxylation is 1. The Balaban J connectivity index is 1.74. The highest BCUT2D eigenvalue weighted by Gasteiger charge is 2.30. The summed E-state index contributed by atoms with van der Waals surface area (Å²) in [6, 6.07) is 5.64. The molecule has 8 heteroatoms. The highest BCUT2D eigenvalue weighted by Crippen LogP contribution is 2.33. The van der Waals surface area contributed by atoms with Crippen LogP contribution in [0, 0.1) is 0 Å². The number of ether oxygens (including phenoxy) is 1. The number of nitrogens with two attached hydrogens (primary N) is 1. The molecule has 8 nitrogen and oxygen atoms in total. The molecule has 0 unspecified atom stereocenters. The number of nitrogen functional groups attached to an aromatic ring is 1. The smallest absolute Gasteiger partial charge is 0.267 e. The van der Waals surface area contributed by atoms with Crippen molar-refractivity contribution in [2.75, 3.05) is 35.7 Å². The number of rotatable bonds is 1. The van der Waals surface area contributed by atoms with Crippen molar-refractivity contribution in [2.45, 2.75) is 12.8 Å². The zero-order valence-corrected chi connectivity index (χ0v) is 13.7. The van der Waals surface area contributed by atoms with E-state index in [-0.39, 0.29) is 29.1 Å². The maximum Gasteiger partial charge on any atom is 0.267 e. The van der Waals surface area contributed by atoms with E-state index in [4.69, 9.17) is 10.5 Å². The number of fused-ring (bicyclic) bond motifs is 2. The molecule has 2 aliphatic heterocycles. The number of hydrogen-bond acceptors (Lipinski definition) is 6. The molecule has 2 N–H and O–H groups in total. The highest BCUT2D eigenvalue weighted by atomic mass is 16.5. The molecular formula is C17H17N5O3. The predicted octanol–water partition coefficient (Wildman–Crippen LogP) is 1.01. The van der Waals surface area contributed by atoms with E-state index in [1.807, 2.05) is 18.2 Å². The van der Waals surface area contributed by atoms with Crippen LogP contribution in [0.25, 0.3) is 0 Å². The van der Waals surface area contributed by atoms with Crippen LogP contribution in [-0.4, -0.2) is 42.0 Å². The second kappa shape index (κ2) is 5.73. The average molecular weight is 339 g/mol. The Morgan fingerprint density at radius 2 is 2.04 bits per heavy atom. The zero-order chi connectivity index (χ0) is 17.6. The van der Waals surface area contributed by atoms with Gasteiger partial charge in [-0.1, -0.05) is 0 Å². The summed E-state index contributed by atoms with van der Waals surface area (Å²) in [5, 5.41) is 0. The number of aromatic nitrogens is 2. The quantitative estimate of drug-likeness (QED) is 0.832. The van der Waals surface area contributed by atoms with Crippen LogP contribution in [0.1, 0.15) is 22.3 Å². The largest absolute Gasteiger partial charge is 0.475 e. The molecule has 2 amide bonds. The van der Waals surface area contributed by atoms with E-state index in [1.54, 1.807) is 16.8 Å². The van der Waals surface area contributed by atoms with E-state index >= 15 is 0 Å². The topological polar surface area (TPSA) is 102 Å². The van der Waals surface area contributed by atoms with Crippen molar-refractivity contribution in [3.63, 3.8) is 0 Å². The number of amides is 2. The summed E-state index contributed by atoms with van der Waals surface area (Å²) in [5.74, 6) is 0.123. The fraction of sp³-hybridized carbons (Fsp3) is 0.294. The summed E-state index contributed by atoms with van der Waals surface area (Å²) in [5.41, 5.74) is 8.70. The van der Waals surface area contributed by atoms with E-state index in [0.717, 1.165) is 16.9 Å². The van der Waals surface area contributed by atoms with Crippen molar-refractivity contribution in [1.29, 1.82) is 0 Å². The average Bonchev–Trinajstić information content (AvgIpc) is 2.78. The van der Waals surface area contributed by atoms with Crippen LogP contribution in [-0.2, 0) is 11.2 Å².